The third-order valence-electron chi connectivity index (χ3n) is 3.88. The van der Waals surface area contributed by atoms with E-state index in [0.29, 0.717) is 18.3 Å². The molecule has 0 aliphatic carbocycles. The highest BCUT2D eigenvalue weighted by Gasteiger charge is 2.23. The molecule has 7 nitrogen and oxygen atoms in total. The molecule has 134 valence electrons. The van der Waals surface area contributed by atoms with Crippen molar-refractivity contribution in [2.45, 2.75) is 52.7 Å². The standard InChI is InChI=1S/C18H24N4O3/c1-12-20-21-16(24-12)11-22-10-6-7-13-14(8-5-9-15(13)22)19-17(23)25-18(2,3)4/h5,8-9H,6-7,10-11H2,1-4H3,(H,19,23). The molecule has 25 heavy (non-hydrogen) atoms. The third-order valence-corrected chi connectivity index (χ3v) is 3.88. The number of nitrogens with one attached hydrogen (secondary N) is 1. The van der Waals surface area contributed by atoms with Crippen LogP contribution in [0, 0.1) is 6.92 Å². The smallest absolute Gasteiger partial charge is 0.412 e. The van der Waals surface area contributed by atoms with Gasteiger partial charge in [-0.1, -0.05) is 6.07 Å². The topological polar surface area (TPSA) is 80.5 Å². The zero-order valence-corrected chi connectivity index (χ0v) is 15.1. The van der Waals surface area contributed by atoms with E-state index in [1.165, 1.54) is 0 Å². The van der Waals surface area contributed by atoms with Gasteiger partial charge in [-0.2, -0.15) is 0 Å². The number of rotatable bonds is 3. The van der Waals surface area contributed by atoms with Gasteiger partial charge in [0.15, 0.2) is 0 Å². The lowest BCUT2D eigenvalue weighted by molar-refractivity contribution is 0.0636. The molecule has 0 fully saturated rings. The molecule has 0 unspecified atom stereocenters. The van der Waals surface area contributed by atoms with Crippen LogP contribution in [0.25, 0.3) is 0 Å². The molecular formula is C18H24N4O3. The average molecular weight is 344 g/mol. The van der Waals surface area contributed by atoms with Crippen molar-refractivity contribution < 1.29 is 13.9 Å². The molecule has 7 heteroatoms. The fourth-order valence-electron chi connectivity index (χ4n) is 2.96. The zero-order valence-electron chi connectivity index (χ0n) is 15.1. The molecule has 2 aromatic rings. The monoisotopic (exact) mass is 344 g/mol. The van der Waals surface area contributed by atoms with Gasteiger partial charge in [-0.3, -0.25) is 5.32 Å². The minimum Gasteiger partial charge on any atom is -0.444 e. The number of fused-ring (bicyclic) bond motifs is 1. The second-order valence-corrected chi connectivity index (χ2v) is 7.17. The van der Waals surface area contributed by atoms with Crippen LogP contribution in [0.4, 0.5) is 16.2 Å². The molecule has 1 aliphatic heterocycles. The summed E-state index contributed by atoms with van der Waals surface area (Å²) in [6, 6.07) is 5.89. The van der Waals surface area contributed by atoms with E-state index in [-0.39, 0.29) is 0 Å². The van der Waals surface area contributed by atoms with Crippen LogP contribution in [0.15, 0.2) is 22.6 Å². The molecule has 1 amide bonds. The van der Waals surface area contributed by atoms with Gasteiger partial charge >= 0.3 is 6.09 Å². The first-order valence-corrected chi connectivity index (χ1v) is 8.48. The summed E-state index contributed by atoms with van der Waals surface area (Å²) >= 11 is 0. The minimum absolute atomic E-state index is 0.439. The lowest BCUT2D eigenvalue weighted by Crippen LogP contribution is -2.31. The Bertz CT molecular complexity index is 764. The van der Waals surface area contributed by atoms with Crippen molar-refractivity contribution in [3.63, 3.8) is 0 Å². The summed E-state index contributed by atoms with van der Waals surface area (Å²) in [5.74, 6) is 1.16. The van der Waals surface area contributed by atoms with Gasteiger partial charge in [-0.05, 0) is 51.3 Å². The fraction of sp³-hybridized carbons (Fsp3) is 0.500. The van der Waals surface area contributed by atoms with Crippen LogP contribution in [0.1, 0.15) is 44.5 Å². The van der Waals surface area contributed by atoms with E-state index in [0.717, 1.165) is 36.3 Å². The molecule has 0 saturated carbocycles. The molecule has 0 atom stereocenters. The Morgan fingerprint density at radius 3 is 2.84 bits per heavy atom. The number of hydrogen-bond donors (Lipinski definition) is 1. The number of benzene rings is 1. The number of aryl methyl sites for hydroxylation is 1. The predicted octanol–water partition coefficient (Wildman–Crippen LogP) is 3.68. The highest BCUT2D eigenvalue weighted by molar-refractivity contribution is 5.87. The lowest BCUT2D eigenvalue weighted by Gasteiger charge is -2.31. The molecule has 0 radical (unpaired) electrons. The maximum atomic E-state index is 12.1. The Hall–Kier alpha value is -2.57. The van der Waals surface area contributed by atoms with E-state index in [9.17, 15) is 4.79 Å². The van der Waals surface area contributed by atoms with E-state index in [1.807, 2.05) is 32.9 Å². The lowest BCUT2D eigenvalue weighted by atomic mass is 9.99. The Kier molecular flexibility index (Phi) is 4.65. The third kappa shape index (κ3) is 4.29. The molecule has 1 aromatic heterocycles. The van der Waals surface area contributed by atoms with Gasteiger partial charge in [0.25, 0.3) is 0 Å². The van der Waals surface area contributed by atoms with Gasteiger partial charge in [0.1, 0.15) is 5.60 Å². The second-order valence-electron chi connectivity index (χ2n) is 7.17. The largest absolute Gasteiger partial charge is 0.444 e. The highest BCUT2D eigenvalue weighted by Crippen LogP contribution is 2.33. The number of nitrogens with zero attached hydrogens (tertiary/aromatic N) is 3. The summed E-state index contributed by atoms with van der Waals surface area (Å²) in [6.07, 6.45) is 1.46. The van der Waals surface area contributed by atoms with Crippen LogP contribution in [-0.2, 0) is 17.7 Å². The van der Waals surface area contributed by atoms with Crippen LogP contribution in [0.3, 0.4) is 0 Å². The molecule has 3 rings (SSSR count). The maximum absolute atomic E-state index is 12.1. The quantitative estimate of drug-likeness (QED) is 0.915. The van der Waals surface area contributed by atoms with Gasteiger partial charge in [0.2, 0.25) is 11.8 Å². The zero-order chi connectivity index (χ0) is 18.0. The molecular weight excluding hydrogens is 320 g/mol. The number of ether oxygens (including phenoxy) is 1. The maximum Gasteiger partial charge on any atom is 0.412 e. The molecule has 0 bridgehead atoms. The van der Waals surface area contributed by atoms with Crippen LogP contribution in [0.5, 0.6) is 0 Å². The first kappa shape index (κ1) is 17.3. The Labute approximate surface area is 147 Å². The van der Waals surface area contributed by atoms with E-state index in [1.54, 1.807) is 6.92 Å². The van der Waals surface area contributed by atoms with E-state index in [2.05, 4.69) is 26.5 Å². The molecule has 0 saturated heterocycles. The first-order valence-electron chi connectivity index (χ1n) is 8.48. The number of carbonyl (C=O) groups is 1. The first-order chi connectivity index (χ1) is 11.8. The predicted molar refractivity (Wildman–Crippen MR) is 94.7 cm³/mol. The summed E-state index contributed by atoms with van der Waals surface area (Å²) in [5, 5.41) is 10.8. The number of hydrogen-bond acceptors (Lipinski definition) is 6. The Morgan fingerprint density at radius 1 is 1.36 bits per heavy atom. The van der Waals surface area contributed by atoms with Gasteiger partial charge < -0.3 is 14.1 Å². The number of amides is 1. The van der Waals surface area contributed by atoms with Crippen molar-refractivity contribution in [2.75, 3.05) is 16.8 Å². The van der Waals surface area contributed by atoms with E-state index < -0.39 is 11.7 Å². The van der Waals surface area contributed by atoms with Crippen LogP contribution in [0.2, 0.25) is 0 Å². The van der Waals surface area contributed by atoms with Crippen molar-refractivity contribution in [2.24, 2.45) is 0 Å². The summed E-state index contributed by atoms with van der Waals surface area (Å²) < 4.78 is 10.9. The van der Waals surface area contributed by atoms with Crippen LogP contribution < -0.4 is 10.2 Å². The Morgan fingerprint density at radius 2 is 2.16 bits per heavy atom. The van der Waals surface area contributed by atoms with Crippen LogP contribution in [-0.4, -0.2) is 28.4 Å². The minimum atomic E-state index is -0.527. The number of carbonyl (C=O) groups excluding carboxylic acids is 1. The normalized spacial score (nSPS) is 14.2. The SMILES string of the molecule is Cc1nnc(CN2CCCc3c(NC(=O)OC(C)(C)C)cccc32)o1. The van der Waals surface area contributed by atoms with Crippen molar-refractivity contribution in [3.8, 4) is 0 Å². The summed E-state index contributed by atoms with van der Waals surface area (Å²) in [5.41, 5.74) is 2.45. The molecule has 1 N–H and O–H groups in total. The number of aromatic nitrogens is 2. The Balaban J connectivity index is 1.80. The van der Waals surface area contributed by atoms with Crippen LogP contribution >= 0.6 is 0 Å². The molecule has 1 aromatic carbocycles. The molecule has 0 spiro atoms. The summed E-state index contributed by atoms with van der Waals surface area (Å²) in [4.78, 5) is 14.3. The van der Waals surface area contributed by atoms with Gasteiger partial charge in [0, 0.05) is 24.8 Å². The molecule has 1 aliphatic rings. The van der Waals surface area contributed by atoms with Crippen molar-refractivity contribution in [1.29, 1.82) is 0 Å². The second kappa shape index (κ2) is 6.74. The van der Waals surface area contributed by atoms with Crippen molar-refractivity contribution in [1.82, 2.24) is 10.2 Å². The van der Waals surface area contributed by atoms with E-state index >= 15 is 0 Å². The van der Waals surface area contributed by atoms with E-state index in [4.69, 9.17) is 9.15 Å². The van der Waals surface area contributed by atoms with Gasteiger partial charge in [-0.15, -0.1) is 10.2 Å². The number of anilines is 2. The average Bonchev–Trinajstić information content (AvgIpc) is 2.91. The van der Waals surface area contributed by atoms with Gasteiger partial charge in [-0.25, -0.2) is 4.79 Å². The fourth-order valence-corrected chi connectivity index (χ4v) is 2.96. The summed E-state index contributed by atoms with van der Waals surface area (Å²) in [6.45, 7) is 8.79. The van der Waals surface area contributed by atoms with Crippen molar-refractivity contribution >= 4 is 17.5 Å². The highest BCUT2D eigenvalue weighted by atomic mass is 16.6. The van der Waals surface area contributed by atoms with Crippen molar-refractivity contribution in [3.05, 3.63) is 35.5 Å². The summed E-state index contributed by atoms with van der Waals surface area (Å²) in [7, 11) is 0. The van der Waals surface area contributed by atoms with Gasteiger partial charge in [0.05, 0.1) is 6.54 Å². The molecule has 2 heterocycles.